The number of methoxy groups -OCH3 is 1. The van der Waals surface area contributed by atoms with Crippen molar-refractivity contribution in [2.45, 2.75) is 26.3 Å². The molecule has 1 aromatic rings. The lowest BCUT2D eigenvalue weighted by Gasteiger charge is -2.12. The van der Waals surface area contributed by atoms with E-state index in [1.165, 1.54) is 11.3 Å². The molecule has 5 nitrogen and oxygen atoms in total. The van der Waals surface area contributed by atoms with Crippen LogP contribution in [0.5, 0.6) is 0 Å². The second kappa shape index (κ2) is 5.81. The summed E-state index contributed by atoms with van der Waals surface area (Å²) in [5, 5.41) is 12.6. The van der Waals surface area contributed by atoms with Gasteiger partial charge < -0.3 is 15.2 Å². The van der Waals surface area contributed by atoms with Crippen molar-refractivity contribution in [3.05, 3.63) is 10.6 Å². The van der Waals surface area contributed by atoms with E-state index in [9.17, 15) is 4.79 Å². The molecule has 0 radical (unpaired) electrons. The molecule has 0 aliphatic heterocycles. The Morgan fingerprint density at radius 2 is 2.31 bits per heavy atom. The monoisotopic (exact) mass is 244 g/mol. The summed E-state index contributed by atoms with van der Waals surface area (Å²) in [7, 11) is 1.55. The molecule has 2 N–H and O–H groups in total. The summed E-state index contributed by atoms with van der Waals surface area (Å²) in [5.41, 5.74) is 0.934. The lowest BCUT2D eigenvalue weighted by Crippen LogP contribution is -2.30. The van der Waals surface area contributed by atoms with Gasteiger partial charge in [0, 0.05) is 25.0 Å². The van der Waals surface area contributed by atoms with Crippen LogP contribution in [-0.4, -0.2) is 35.8 Å². The number of carboxylic acids is 1. The number of ether oxygens (including phenoxy) is 1. The van der Waals surface area contributed by atoms with Gasteiger partial charge in [-0.25, -0.2) is 9.78 Å². The van der Waals surface area contributed by atoms with E-state index in [1.54, 1.807) is 7.11 Å². The molecular formula is C10H16N2O3S. The minimum Gasteiger partial charge on any atom is -0.480 e. The summed E-state index contributed by atoms with van der Waals surface area (Å²) in [6.45, 7) is 4.28. The van der Waals surface area contributed by atoms with Gasteiger partial charge in [0.05, 0.1) is 5.69 Å². The third-order valence-electron chi connectivity index (χ3n) is 2.23. The largest absolute Gasteiger partial charge is 0.480 e. The number of aryl methyl sites for hydroxylation is 2. The van der Waals surface area contributed by atoms with Crippen molar-refractivity contribution in [2.75, 3.05) is 19.0 Å². The molecule has 0 saturated carbocycles. The third-order valence-corrected chi connectivity index (χ3v) is 3.24. The van der Waals surface area contributed by atoms with E-state index in [0.717, 1.165) is 10.6 Å². The van der Waals surface area contributed by atoms with Gasteiger partial charge in [0.25, 0.3) is 0 Å². The maximum atomic E-state index is 11.0. The number of nitrogens with zero attached hydrogens (tertiary/aromatic N) is 1. The lowest BCUT2D eigenvalue weighted by molar-refractivity contribution is -0.138. The van der Waals surface area contributed by atoms with E-state index >= 15 is 0 Å². The zero-order valence-corrected chi connectivity index (χ0v) is 10.4. The highest BCUT2D eigenvalue weighted by Crippen LogP contribution is 2.22. The van der Waals surface area contributed by atoms with Crippen LogP contribution < -0.4 is 5.32 Å². The van der Waals surface area contributed by atoms with Crippen LogP contribution >= 0.6 is 11.3 Å². The second-order valence-electron chi connectivity index (χ2n) is 3.48. The average Bonchev–Trinajstić information content (AvgIpc) is 2.52. The predicted molar refractivity (Wildman–Crippen MR) is 63.1 cm³/mol. The molecular weight excluding hydrogens is 228 g/mol. The summed E-state index contributed by atoms with van der Waals surface area (Å²) < 4.78 is 4.87. The number of thiazole rings is 1. The van der Waals surface area contributed by atoms with Crippen molar-refractivity contribution in [2.24, 2.45) is 0 Å². The van der Waals surface area contributed by atoms with Crippen LogP contribution in [0, 0.1) is 13.8 Å². The number of aliphatic carboxylic acids is 1. The summed E-state index contributed by atoms with van der Waals surface area (Å²) in [6.07, 6.45) is 0.420. The molecule has 1 rings (SSSR count). The first-order valence-corrected chi connectivity index (χ1v) is 5.78. The number of nitrogens with one attached hydrogen (secondary N) is 1. The first-order chi connectivity index (χ1) is 7.54. The minimum absolute atomic E-state index is 0.410. The zero-order chi connectivity index (χ0) is 12.1. The van der Waals surface area contributed by atoms with E-state index in [4.69, 9.17) is 9.84 Å². The van der Waals surface area contributed by atoms with Crippen LogP contribution in [0.2, 0.25) is 0 Å². The maximum absolute atomic E-state index is 11.0. The number of anilines is 1. The highest BCUT2D eigenvalue weighted by atomic mass is 32.1. The number of rotatable bonds is 6. The Kier molecular flexibility index (Phi) is 4.70. The summed E-state index contributed by atoms with van der Waals surface area (Å²) in [6, 6.07) is -0.648. The van der Waals surface area contributed by atoms with Gasteiger partial charge in [0.2, 0.25) is 0 Å². The molecule has 1 aromatic heterocycles. The molecule has 1 atom stereocenters. The van der Waals surface area contributed by atoms with Crippen LogP contribution in [0.15, 0.2) is 0 Å². The topological polar surface area (TPSA) is 71.5 Å². The maximum Gasteiger partial charge on any atom is 0.326 e. The van der Waals surface area contributed by atoms with Gasteiger partial charge >= 0.3 is 5.97 Å². The van der Waals surface area contributed by atoms with Crippen LogP contribution in [-0.2, 0) is 9.53 Å². The molecule has 1 heterocycles. The van der Waals surface area contributed by atoms with Crippen molar-refractivity contribution in [1.29, 1.82) is 0 Å². The highest BCUT2D eigenvalue weighted by Gasteiger charge is 2.18. The Bertz CT molecular complexity index is 345. The van der Waals surface area contributed by atoms with Gasteiger partial charge in [-0.15, -0.1) is 11.3 Å². The summed E-state index contributed by atoms with van der Waals surface area (Å²) >= 11 is 1.47. The number of aromatic nitrogens is 1. The molecule has 0 amide bonds. The van der Waals surface area contributed by atoms with Crippen LogP contribution in [0.4, 0.5) is 5.13 Å². The number of carboxylic acid groups (broad SMARTS) is 1. The van der Waals surface area contributed by atoms with Crippen LogP contribution in [0.25, 0.3) is 0 Å². The predicted octanol–water partition coefficient (Wildman–Crippen LogP) is 1.66. The number of carbonyl (C=O) groups is 1. The highest BCUT2D eigenvalue weighted by molar-refractivity contribution is 7.15. The van der Waals surface area contributed by atoms with Crippen molar-refractivity contribution in [3.8, 4) is 0 Å². The van der Waals surface area contributed by atoms with Gasteiger partial charge in [-0.05, 0) is 13.8 Å². The smallest absolute Gasteiger partial charge is 0.326 e. The molecule has 0 spiro atoms. The summed E-state index contributed by atoms with van der Waals surface area (Å²) in [5.74, 6) is -0.887. The molecule has 0 aromatic carbocycles. The first-order valence-electron chi connectivity index (χ1n) is 4.97. The van der Waals surface area contributed by atoms with Crippen molar-refractivity contribution >= 4 is 22.4 Å². The molecule has 0 aliphatic carbocycles. The van der Waals surface area contributed by atoms with E-state index < -0.39 is 12.0 Å². The minimum atomic E-state index is -0.887. The molecule has 6 heteroatoms. The van der Waals surface area contributed by atoms with Gasteiger partial charge in [-0.3, -0.25) is 0 Å². The molecule has 90 valence electrons. The quantitative estimate of drug-likeness (QED) is 0.796. The van der Waals surface area contributed by atoms with Gasteiger partial charge in [-0.1, -0.05) is 0 Å². The average molecular weight is 244 g/mol. The van der Waals surface area contributed by atoms with Crippen molar-refractivity contribution < 1.29 is 14.6 Å². The van der Waals surface area contributed by atoms with Crippen molar-refractivity contribution in [1.82, 2.24) is 4.98 Å². The first kappa shape index (κ1) is 12.9. The van der Waals surface area contributed by atoms with Gasteiger partial charge in [-0.2, -0.15) is 0 Å². The van der Waals surface area contributed by atoms with Crippen LogP contribution in [0.1, 0.15) is 17.0 Å². The Hall–Kier alpha value is -1.14. The Labute approximate surface area is 98.5 Å². The lowest BCUT2D eigenvalue weighted by atomic mass is 10.2. The fraction of sp³-hybridized carbons (Fsp3) is 0.600. The Morgan fingerprint density at radius 1 is 1.62 bits per heavy atom. The fourth-order valence-corrected chi connectivity index (χ4v) is 2.04. The Morgan fingerprint density at radius 3 is 2.75 bits per heavy atom. The normalized spacial score (nSPS) is 12.4. The van der Waals surface area contributed by atoms with E-state index in [0.29, 0.717) is 18.2 Å². The molecule has 16 heavy (non-hydrogen) atoms. The second-order valence-corrected chi connectivity index (χ2v) is 4.68. The van der Waals surface area contributed by atoms with Gasteiger partial charge in [0.1, 0.15) is 6.04 Å². The molecule has 1 unspecified atom stereocenters. The Balaban J connectivity index is 2.64. The van der Waals surface area contributed by atoms with E-state index in [-0.39, 0.29) is 0 Å². The third kappa shape index (κ3) is 3.46. The van der Waals surface area contributed by atoms with Gasteiger partial charge in [0.15, 0.2) is 5.13 Å². The number of hydrogen-bond acceptors (Lipinski definition) is 5. The van der Waals surface area contributed by atoms with Crippen LogP contribution in [0.3, 0.4) is 0 Å². The molecule has 0 saturated heterocycles. The van der Waals surface area contributed by atoms with E-state index in [1.807, 2.05) is 13.8 Å². The number of hydrogen-bond donors (Lipinski definition) is 2. The van der Waals surface area contributed by atoms with E-state index in [2.05, 4.69) is 10.3 Å². The fourth-order valence-electron chi connectivity index (χ4n) is 1.18. The SMILES string of the molecule is COCCC(Nc1nc(C)c(C)s1)C(=O)O. The standard InChI is InChI=1S/C10H16N2O3S/c1-6-7(2)16-10(11-6)12-8(9(13)14)4-5-15-3/h8H,4-5H2,1-3H3,(H,11,12)(H,13,14). The summed E-state index contributed by atoms with van der Waals surface area (Å²) in [4.78, 5) is 16.3. The zero-order valence-electron chi connectivity index (χ0n) is 9.61. The molecule has 0 fully saturated rings. The molecule has 0 bridgehead atoms. The molecule has 0 aliphatic rings. The van der Waals surface area contributed by atoms with Crippen molar-refractivity contribution in [3.63, 3.8) is 0 Å².